The molecule has 9 heteroatoms. The van der Waals surface area contributed by atoms with Crippen LogP contribution in [0.15, 0.2) is 40.7 Å². The molecule has 0 radical (unpaired) electrons. The lowest BCUT2D eigenvalue weighted by molar-refractivity contribution is -0.133. The van der Waals surface area contributed by atoms with Gasteiger partial charge in [0.2, 0.25) is 0 Å². The van der Waals surface area contributed by atoms with Gasteiger partial charge < -0.3 is 10.0 Å². The first kappa shape index (κ1) is 23.9. The fraction of sp³-hybridized carbons (Fsp3) is 0.500. The zero-order valence-electron chi connectivity index (χ0n) is 17.7. The molecule has 0 atom stereocenters. The Bertz CT molecular complexity index is 839. The van der Waals surface area contributed by atoms with Crippen LogP contribution in [0.1, 0.15) is 38.2 Å². The maximum atomic E-state index is 13.1. The van der Waals surface area contributed by atoms with Crippen LogP contribution in [0.3, 0.4) is 0 Å². The van der Waals surface area contributed by atoms with Crippen LogP contribution in [0.2, 0.25) is 0 Å². The number of thiazole rings is 1. The number of anilines is 1. The minimum Gasteiger partial charge on any atom is -0.481 e. The number of hydrogen-bond acceptors (Lipinski definition) is 6. The number of hydrogen-bond donors (Lipinski definition) is 2. The van der Waals surface area contributed by atoms with Crippen molar-refractivity contribution in [3.05, 3.63) is 42.1 Å². The predicted octanol–water partition coefficient (Wildman–Crippen LogP) is 5.67. The number of carboxylic acids is 1. The number of aliphatic carboxylic acids is 1. The molecule has 2 aromatic rings. The number of carbonyl (C=O) groups excluding carboxylic acids is 1. The van der Waals surface area contributed by atoms with Gasteiger partial charge in [0.25, 0.3) is 0 Å². The summed E-state index contributed by atoms with van der Waals surface area (Å²) in [6, 6.07) is 10.5. The molecule has 2 amide bonds. The van der Waals surface area contributed by atoms with Crippen molar-refractivity contribution in [3.8, 4) is 0 Å². The average Bonchev–Trinajstić information content (AvgIpc) is 3.21. The first-order valence-electron chi connectivity index (χ1n) is 10.5. The number of thioether (sulfide) groups is 2. The van der Waals surface area contributed by atoms with E-state index in [9.17, 15) is 9.59 Å². The quantitative estimate of drug-likeness (QED) is 0.338. The molecule has 31 heavy (non-hydrogen) atoms. The minimum absolute atomic E-state index is 0.0133. The van der Waals surface area contributed by atoms with E-state index in [4.69, 9.17) is 5.11 Å². The fourth-order valence-corrected chi connectivity index (χ4v) is 6.09. The molecule has 1 aliphatic rings. The third-order valence-corrected chi connectivity index (χ3v) is 8.41. The average molecular weight is 480 g/mol. The van der Waals surface area contributed by atoms with Crippen LogP contribution in [0.25, 0.3) is 0 Å². The molecule has 1 aliphatic carbocycles. The molecule has 3 rings (SSSR count). The van der Waals surface area contributed by atoms with Crippen LogP contribution < -0.4 is 5.32 Å². The number of rotatable bonds is 10. The normalized spacial score (nSPS) is 18.5. The van der Waals surface area contributed by atoms with Crippen molar-refractivity contribution < 1.29 is 14.7 Å². The smallest absolute Gasteiger partial charge is 0.323 e. The topological polar surface area (TPSA) is 82.5 Å². The Morgan fingerprint density at radius 3 is 2.68 bits per heavy atom. The zero-order valence-corrected chi connectivity index (χ0v) is 20.1. The van der Waals surface area contributed by atoms with Gasteiger partial charge >= 0.3 is 12.0 Å². The molecule has 1 aromatic carbocycles. The Hall–Kier alpha value is -1.71. The maximum Gasteiger partial charge on any atom is 0.323 e. The van der Waals surface area contributed by atoms with Crippen LogP contribution in [-0.2, 0) is 10.5 Å². The summed E-state index contributed by atoms with van der Waals surface area (Å²) in [4.78, 5) is 30.1. The summed E-state index contributed by atoms with van der Waals surface area (Å²) in [7, 11) is 0. The van der Waals surface area contributed by atoms with Crippen LogP contribution in [0.5, 0.6) is 0 Å². The minimum atomic E-state index is -0.866. The summed E-state index contributed by atoms with van der Waals surface area (Å²) in [6.45, 7) is 2.98. The van der Waals surface area contributed by atoms with Crippen molar-refractivity contribution in [2.75, 3.05) is 23.4 Å². The molecule has 0 unspecified atom stereocenters. The van der Waals surface area contributed by atoms with Gasteiger partial charge in [-0.05, 0) is 37.2 Å². The van der Waals surface area contributed by atoms with Gasteiger partial charge in [-0.2, -0.15) is 11.8 Å². The monoisotopic (exact) mass is 479 g/mol. The lowest BCUT2D eigenvalue weighted by Gasteiger charge is -2.36. The van der Waals surface area contributed by atoms with Crippen molar-refractivity contribution in [2.24, 2.45) is 5.92 Å². The summed E-state index contributed by atoms with van der Waals surface area (Å²) in [6.07, 6.45) is 6.00. The number of benzene rings is 1. The largest absolute Gasteiger partial charge is 0.481 e. The summed E-state index contributed by atoms with van der Waals surface area (Å²) < 4.78 is 0.786. The molecule has 168 valence electrons. The molecule has 1 heterocycles. The molecular formula is C22H29N3O3S3. The van der Waals surface area contributed by atoms with E-state index in [1.807, 2.05) is 22.7 Å². The van der Waals surface area contributed by atoms with Gasteiger partial charge in [0.05, 0.1) is 16.2 Å². The summed E-state index contributed by atoms with van der Waals surface area (Å²) in [5.41, 5.74) is 1.30. The second-order valence-corrected chi connectivity index (χ2v) is 11.2. The van der Waals surface area contributed by atoms with Crippen molar-refractivity contribution in [2.45, 2.75) is 48.6 Å². The molecule has 0 saturated heterocycles. The van der Waals surface area contributed by atoms with E-state index in [-0.39, 0.29) is 17.8 Å². The standard InChI is InChI=1S/C22H29N3O3S3/c1-16-7-9-18(10-8-16)25(11-12-29-14-17-5-3-2-4-6-17)22(28)24-21-23-13-20(31-21)30-15-19(26)27/h2-6,13,16,18H,7-12,14-15H2,1H3,(H,26,27)(H,23,24,28). The summed E-state index contributed by atoms with van der Waals surface area (Å²) in [5.74, 6) is 1.66. The van der Waals surface area contributed by atoms with Crippen LogP contribution >= 0.6 is 34.9 Å². The Morgan fingerprint density at radius 1 is 1.23 bits per heavy atom. The second-order valence-electron chi connectivity index (χ2n) is 7.74. The molecule has 0 bridgehead atoms. The molecule has 1 aromatic heterocycles. The van der Waals surface area contributed by atoms with E-state index in [2.05, 4.69) is 41.5 Å². The van der Waals surface area contributed by atoms with Crippen LogP contribution in [-0.4, -0.2) is 51.1 Å². The first-order chi connectivity index (χ1) is 15.0. The molecule has 0 spiro atoms. The zero-order chi connectivity index (χ0) is 22.1. The van der Waals surface area contributed by atoms with E-state index in [0.29, 0.717) is 11.7 Å². The number of nitrogens with one attached hydrogen (secondary N) is 1. The highest BCUT2D eigenvalue weighted by Gasteiger charge is 2.28. The molecule has 1 fully saturated rings. The van der Waals surface area contributed by atoms with Gasteiger partial charge in [-0.1, -0.05) is 48.6 Å². The molecule has 6 nitrogen and oxygen atoms in total. The summed E-state index contributed by atoms with van der Waals surface area (Å²) in [5, 5.41) is 12.3. The second kappa shape index (κ2) is 12.4. The summed E-state index contributed by atoms with van der Waals surface area (Å²) >= 11 is 4.38. The Kier molecular flexibility index (Phi) is 9.54. The first-order valence-corrected chi connectivity index (χ1v) is 13.5. The highest BCUT2D eigenvalue weighted by molar-refractivity contribution is 8.01. The molecular weight excluding hydrogens is 450 g/mol. The number of aromatic nitrogens is 1. The lowest BCUT2D eigenvalue weighted by Crippen LogP contribution is -2.45. The van der Waals surface area contributed by atoms with Gasteiger partial charge in [-0.3, -0.25) is 10.1 Å². The number of amides is 2. The van der Waals surface area contributed by atoms with Crippen LogP contribution in [0.4, 0.5) is 9.93 Å². The van der Waals surface area contributed by atoms with Gasteiger partial charge in [-0.25, -0.2) is 9.78 Å². The van der Waals surface area contributed by atoms with Crippen molar-refractivity contribution in [3.63, 3.8) is 0 Å². The number of nitrogens with zero attached hydrogens (tertiary/aromatic N) is 2. The third-order valence-electron chi connectivity index (χ3n) is 5.31. The van der Waals surface area contributed by atoms with Crippen molar-refractivity contribution in [1.82, 2.24) is 9.88 Å². The molecule has 2 N–H and O–H groups in total. The predicted molar refractivity (Wildman–Crippen MR) is 130 cm³/mol. The highest BCUT2D eigenvalue weighted by atomic mass is 32.2. The lowest BCUT2D eigenvalue weighted by atomic mass is 9.86. The number of urea groups is 1. The van der Waals surface area contributed by atoms with Crippen molar-refractivity contribution >= 4 is 52.0 Å². The van der Waals surface area contributed by atoms with Crippen molar-refractivity contribution in [1.29, 1.82) is 0 Å². The number of carboxylic acid groups (broad SMARTS) is 1. The van der Waals surface area contributed by atoms with Gasteiger partial charge in [-0.15, -0.1) is 11.8 Å². The van der Waals surface area contributed by atoms with Crippen LogP contribution in [0, 0.1) is 5.92 Å². The Balaban J connectivity index is 1.56. The van der Waals surface area contributed by atoms with E-state index in [0.717, 1.165) is 47.3 Å². The van der Waals surface area contributed by atoms with Gasteiger partial charge in [0.1, 0.15) is 0 Å². The highest BCUT2D eigenvalue weighted by Crippen LogP contribution is 2.30. The van der Waals surface area contributed by atoms with E-state index >= 15 is 0 Å². The Labute approximate surface area is 196 Å². The van der Waals surface area contributed by atoms with E-state index in [1.165, 1.54) is 28.7 Å². The molecule has 1 saturated carbocycles. The van der Waals surface area contributed by atoms with E-state index in [1.54, 1.807) is 6.20 Å². The third kappa shape index (κ3) is 8.05. The molecule has 0 aliphatic heterocycles. The van der Waals surface area contributed by atoms with E-state index < -0.39 is 5.97 Å². The van der Waals surface area contributed by atoms with Gasteiger partial charge in [0, 0.05) is 24.1 Å². The van der Waals surface area contributed by atoms with Gasteiger partial charge in [0.15, 0.2) is 5.13 Å². The maximum absolute atomic E-state index is 13.1. The fourth-order valence-electron chi connectivity index (χ4n) is 3.61. The Morgan fingerprint density at radius 2 is 1.97 bits per heavy atom. The number of carbonyl (C=O) groups is 2. The SMILES string of the molecule is CC1CCC(N(CCSCc2ccccc2)C(=O)Nc2ncc(SCC(=O)O)s2)CC1.